The lowest BCUT2D eigenvalue weighted by Crippen LogP contribution is -2.28. The van der Waals surface area contributed by atoms with Crippen LogP contribution in [0, 0.1) is 0 Å². The maximum Gasteiger partial charge on any atom is 0.253 e. The molecule has 4 aromatic carbocycles. The van der Waals surface area contributed by atoms with Gasteiger partial charge in [0, 0.05) is 12.0 Å². The SMILES string of the molecule is COc1ccc(-c2nc(SCC(=O)N3N=C(c4ccc5ccccc5c4)CC3c3ccc(OC)cc3)n[nH]2)cc1. The summed E-state index contributed by atoms with van der Waals surface area (Å²) < 4.78 is 10.6. The normalized spacial score (nSPS) is 14.8. The molecule has 1 N–H and O–H groups in total. The topological polar surface area (TPSA) is 92.7 Å². The first-order valence-electron chi connectivity index (χ1n) is 12.8. The number of nitrogens with one attached hydrogen (secondary N) is 1. The minimum Gasteiger partial charge on any atom is -0.497 e. The molecule has 0 radical (unpaired) electrons. The molecule has 0 bridgehead atoms. The molecule has 6 rings (SSSR count). The number of benzene rings is 4. The highest BCUT2D eigenvalue weighted by molar-refractivity contribution is 7.99. The first-order chi connectivity index (χ1) is 19.6. The predicted octanol–water partition coefficient (Wildman–Crippen LogP) is 6.11. The van der Waals surface area contributed by atoms with Crippen LogP contribution in [0.5, 0.6) is 11.5 Å². The van der Waals surface area contributed by atoms with Gasteiger partial charge in [0.05, 0.1) is 31.7 Å². The van der Waals surface area contributed by atoms with E-state index in [1.54, 1.807) is 19.2 Å². The van der Waals surface area contributed by atoms with Gasteiger partial charge in [-0.3, -0.25) is 9.89 Å². The molecule has 9 heteroatoms. The third-order valence-electron chi connectivity index (χ3n) is 6.90. The largest absolute Gasteiger partial charge is 0.497 e. The van der Waals surface area contributed by atoms with E-state index in [1.807, 2.05) is 60.7 Å². The number of carbonyl (C=O) groups excluding carboxylic acids is 1. The second kappa shape index (κ2) is 11.2. The number of hydrogen-bond donors (Lipinski definition) is 1. The van der Waals surface area contributed by atoms with Gasteiger partial charge in [0.1, 0.15) is 11.5 Å². The van der Waals surface area contributed by atoms with Crippen LogP contribution in [0.25, 0.3) is 22.2 Å². The monoisotopic (exact) mass is 549 g/mol. The van der Waals surface area contributed by atoms with E-state index < -0.39 is 0 Å². The maximum atomic E-state index is 13.6. The molecule has 5 aromatic rings. The maximum absolute atomic E-state index is 13.6. The second-order valence-electron chi connectivity index (χ2n) is 9.32. The summed E-state index contributed by atoms with van der Waals surface area (Å²) in [5, 5.41) is 16.5. The number of nitrogens with zero attached hydrogens (tertiary/aromatic N) is 4. The number of methoxy groups -OCH3 is 2. The quantitative estimate of drug-likeness (QED) is 0.235. The van der Waals surface area contributed by atoms with Gasteiger partial charge in [-0.2, -0.15) is 5.10 Å². The third kappa shape index (κ3) is 5.28. The van der Waals surface area contributed by atoms with E-state index in [1.165, 1.54) is 17.1 Å². The highest BCUT2D eigenvalue weighted by Gasteiger charge is 2.33. The van der Waals surface area contributed by atoms with E-state index in [9.17, 15) is 4.79 Å². The van der Waals surface area contributed by atoms with Crippen molar-refractivity contribution in [1.29, 1.82) is 0 Å². The fourth-order valence-electron chi connectivity index (χ4n) is 4.75. The zero-order valence-electron chi connectivity index (χ0n) is 22.1. The number of aromatic amines is 1. The van der Waals surface area contributed by atoms with Gasteiger partial charge in [0.25, 0.3) is 5.91 Å². The van der Waals surface area contributed by atoms with E-state index >= 15 is 0 Å². The molecule has 0 saturated heterocycles. The molecule has 1 amide bonds. The summed E-state index contributed by atoms with van der Waals surface area (Å²) in [6, 6.07) is 29.7. The summed E-state index contributed by atoms with van der Waals surface area (Å²) in [7, 11) is 3.27. The van der Waals surface area contributed by atoms with Crippen LogP contribution >= 0.6 is 11.8 Å². The molecule has 1 unspecified atom stereocenters. The van der Waals surface area contributed by atoms with Crippen LogP contribution in [-0.4, -0.2) is 51.8 Å². The average Bonchev–Trinajstić information content (AvgIpc) is 3.68. The van der Waals surface area contributed by atoms with Gasteiger partial charge in [-0.1, -0.05) is 60.3 Å². The first-order valence-corrected chi connectivity index (χ1v) is 13.8. The number of ether oxygens (including phenoxy) is 2. The molecule has 0 saturated carbocycles. The van der Waals surface area contributed by atoms with Gasteiger partial charge in [0.15, 0.2) is 5.82 Å². The van der Waals surface area contributed by atoms with Crippen molar-refractivity contribution in [3.63, 3.8) is 0 Å². The molecule has 1 atom stereocenters. The lowest BCUT2D eigenvalue weighted by atomic mass is 9.97. The average molecular weight is 550 g/mol. The number of fused-ring (bicyclic) bond motifs is 1. The van der Waals surface area contributed by atoms with Crippen molar-refractivity contribution in [3.8, 4) is 22.9 Å². The standard InChI is InChI=1S/C31H27N5O3S/c1-38-25-13-9-21(10-14-25)28-18-27(24-8-7-20-5-3-4-6-23(20)17-24)35-36(28)29(37)19-40-31-32-30(33-34-31)22-11-15-26(39-2)16-12-22/h3-17,28H,18-19H2,1-2H3,(H,32,33,34). The van der Waals surface area contributed by atoms with Crippen LogP contribution in [0.3, 0.4) is 0 Å². The molecule has 1 aliphatic rings. The highest BCUT2D eigenvalue weighted by atomic mass is 32.2. The van der Waals surface area contributed by atoms with Gasteiger partial charge in [0.2, 0.25) is 5.16 Å². The zero-order valence-corrected chi connectivity index (χ0v) is 22.9. The van der Waals surface area contributed by atoms with Crippen molar-refractivity contribution in [2.45, 2.75) is 17.6 Å². The Morgan fingerprint density at radius 3 is 2.30 bits per heavy atom. The summed E-state index contributed by atoms with van der Waals surface area (Å²) in [5.74, 6) is 2.21. The number of hydrazone groups is 1. The van der Waals surface area contributed by atoms with Crippen LogP contribution in [0.2, 0.25) is 0 Å². The Balaban J connectivity index is 1.22. The van der Waals surface area contributed by atoms with Gasteiger partial charge in [-0.05, 0) is 64.4 Å². The van der Waals surface area contributed by atoms with Crippen molar-refractivity contribution < 1.29 is 14.3 Å². The van der Waals surface area contributed by atoms with E-state index in [2.05, 4.69) is 45.5 Å². The second-order valence-corrected chi connectivity index (χ2v) is 10.3. The van der Waals surface area contributed by atoms with E-state index in [4.69, 9.17) is 14.6 Å². The van der Waals surface area contributed by atoms with Gasteiger partial charge >= 0.3 is 0 Å². The van der Waals surface area contributed by atoms with Crippen molar-refractivity contribution in [2.75, 3.05) is 20.0 Å². The molecule has 2 heterocycles. The van der Waals surface area contributed by atoms with Gasteiger partial charge in [-0.15, -0.1) is 5.10 Å². The molecular weight excluding hydrogens is 522 g/mol. The highest BCUT2D eigenvalue weighted by Crippen LogP contribution is 2.35. The van der Waals surface area contributed by atoms with Crippen molar-refractivity contribution in [1.82, 2.24) is 20.2 Å². The Morgan fingerprint density at radius 1 is 0.900 bits per heavy atom. The van der Waals surface area contributed by atoms with Crippen LogP contribution in [0.4, 0.5) is 0 Å². The molecule has 8 nitrogen and oxygen atoms in total. The minimum absolute atomic E-state index is 0.114. The summed E-state index contributed by atoms with van der Waals surface area (Å²) in [6.45, 7) is 0. The van der Waals surface area contributed by atoms with Crippen molar-refractivity contribution in [2.24, 2.45) is 5.10 Å². The third-order valence-corrected chi connectivity index (χ3v) is 7.73. The number of carbonyl (C=O) groups is 1. The van der Waals surface area contributed by atoms with Crippen LogP contribution in [0.1, 0.15) is 23.6 Å². The van der Waals surface area contributed by atoms with E-state index in [-0.39, 0.29) is 17.7 Å². The molecule has 1 aromatic heterocycles. The Hall–Kier alpha value is -4.63. The molecule has 0 aliphatic carbocycles. The van der Waals surface area contributed by atoms with E-state index in [0.717, 1.165) is 39.3 Å². The van der Waals surface area contributed by atoms with Gasteiger partial charge in [-0.25, -0.2) is 9.99 Å². The fourth-order valence-corrected chi connectivity index (χ4v) is 5.40. The van der Waals surface area contributed by atoms with Crippen LogP contribution in [0.15, 0.2) is 101 Å². The van der Waals surface area contributed by atoms with Gasteiger partial charge < -0.3 is 9.47 Å². The number of H-pyrrole nitrogens is 1. The smallest absolute Gasteiger partial charge is 0.253 e. The van der Waals surface area contributed by atoms with Crippen LogP contribution in [-0.2, 0) is 4.79 Å². The Labute approximate surface area is 236 Å². The number of amides is 1. The zero-order chi connectivity index (χ0) is 27.5. The summed E-state index contributed by atoms with van der Waals surface area (Å²) in [4.78, 5) is 18.1. The summed E-state index contributed by atoms with van der Waals surface area (Å²) in [5.41, 5.74) is 3.77. The molecule has 0 spiro atoms. The predicted molar refractivity (Wildman–Crippen MR) is 157 cm³/mol. The fraction of sp³-hybridized carbons (Fsp3) is 0.161. The first kappa shape index (κ1) is 25.6. The molecule has 200 valence electrons. The summed E-state index contributed by atoms with van der Waals surface area (Å²) >= 11 is 1.28. The molecule has 1 aliphatic heterocycles. The minimum atomic E-state index is -0.220. The Morgan fingerprint density at radius 2 is 1.57 bits per heavy atom. The number of hydrogen-bond acceptors (Lipinski definition) is 7. The molecular formula is C31H27N5O3S. The summed E-state index contributed by atoms with van der Waals surface area (Å²) in [6.07, 6.45) is 0.614. The Kier molecular flexibility index (Phi) is 7.20. The lowest BCUT2D eigenvalue weighted by Gasteiger charge is -2.22. The lowest BCUT2D eigenvalue weighted by molar-refractivity contribution is -0.130. The van der Waals surface area contributed by atoms with Crippen LogP contribution < -0.4 is 9.47 Å². The van der Waals surface area contributed by atoms with Crippen molar-refractivity contribution in [3.05, 3.63) is 102 Å². The number of rotatable bonds is 8. The molecule has 0 fully saturated rings. The number of thioether (sulfide) groups is 1. The van der Waals surface area contributed by atoms with E-state index in [0.29, 0.717) is 17.4 Å². The number of aromatic nitrogens is 3. The Bertz CT molecular complexity index is 1680. The van der Waals surface area contributed by atoms with Crippen molar-refractivity contribution >= 4 is 34.2 Å². The molecule has 40 heavy (non-hydrogen) atoms.